The number of hydrogen-bond donors (Lipinski definition) is 1. The summed E-state index contributed by atoms with van der Waals surface area (Å²) < 4.78 is 0. The predicted octanol–water partition coefficient (Wildman–Crippen LogP) is 2.17. The highest BCUT2D eigenvalue weighted by atomic mass is 15.2. The smallest absolute Gasteiger partial charge is 0.0371 e. The minimum Gasteiger partial charge on any atom is -0.368 e. The van der Waals surface area contributed by atoms with Gasteiger partial charge in [0.25, 0.3) is 0 Å². The van der Waals surface area contributed by atoms with E-state index >= 15 is 0 Å². The standard InChI is InChI=1S/C12H20N2/c1-10(2)14(8-7-13)12-6-4-5-11(3)9-12/h4-6,9-10H,7-8,13H2,1-3H3. The summed E-state index contributed by atoms with van der Waals surface area (Å²) in [6.45, 7) is 8.12. The maximum Gasteiger partial charge on any atom is 0.0371 e. The number of nitrogens with zero attached hydrogens (tertiary/aromatic N) is 1. The van der Waals surface area contributed by atoms with Crippen molar-refractivity contribution in [3.05, 3.63) is 29.8 Å². The number of nitrogens with two attached hydrogens (primary N) is 1. The molecule has 0 aromatic heterocycles. The van der Waals surface area contributed by atoms with Crippen molar-refractivity contribution in [2.75, 3.05) is 18.0 Å². The fourth-order valence-electron chi connectivity index (χ4n) is 1.63. The number of anilines is 1. The van der Waals surface area contributed by atoms with E-state index in [1.165, 1.54) is 11.3 Å². The van der Waals surface area contributed by atoms with Crippen molar-refractivity contribution in [2.45, 2.75) is 26.8 Å². The Bertz CT molecular complexity index is 281. The summed E-state index contributed by atoms with van der Waals surface area (Å²) in [5.41, 5.74) is 8.17. The van der Waals surface area contributed by atoms with Gasteiger partial charge < -0.3 is 10.6 Å². The summed E-state index contributed by atoms with van der Waals surface area (Å²) in [5.74, 6) is 0. The summed E-state index contributed by atoms with van der Waals surface area (Å²) in [6, 6.07) is 9.06. The molecule has 2 heteroatoms. The molecule has 0 unspecified atom stereocenters. The van der Waals surface area contributed by atoms with Gasteiger partial charge in [0, 0.05) is 24.8 Å². The van der Waals surface area contributed by atoms with Crippen LogP contribution in [0.2, 0.25) is 0 Å². The highest BCUT2D eigenvalue weighted by Gasteiger charge is 2.08. The Labute approximate surface area is 86.7 Å². The molecule has 78 valence electrons. The maximum atomic E-state index is 5.60. The van der Waals surface area contributed by atoms with E-state index < -0.39 is 0 Å². The molecule has 2 N–H and O–H groups in total. The molecule has 0 aliphatic carbocycles. The Morgan fingerprint density at radius 2 is 2.07 bits per heavy atom. The van der Waals surface area contributed by atoms with Gasteiger partial charge in [0.1, 0.15) is 0 Å². The SMILES string of the molecule is Cc1cccc(N(CCN)C(C)C)c1. The fraction of sp³-hybridized carbons (Fsp3) is 0.500. The average molecular weight is 192 g/mol. The van der Waals surface area contributed by atoms with Crippen LogP contribution in [0, 0.1) is 6.92 Å². The number of hydrogen-bond acceptors (Lipinski definition) is 2. The van der Waals surface area contributed by atoms with E-state index in [0.29, 0.717) is 12.6 Å². The Hall–Kier alpha value is -1.02. The zero-order valence-corrected chi connectivity index (χ0v) is 9.33. The van der Waals surface area contributed by atoms with Gasteiger partial charge in [-0.05, 0) is 38.5 Å². The van der Waals surface area contributed by atoms with Crippen molar-refractivity contribution in [3.63, 3.8) is 0 Å². The molecule has 0 aliphatic rings. The molecule has 0 radical (unpaired) electrons. The van der Waals surface area contributed by atoms with Crippen LogP contribution in [-0.2, 0) is 0 Å². The summed E-state index contributed by atoms with van der Waals surface area (Å²) >= 11 is 0. The van der Waals surface area contributed by atoms with Gasteiger partial charge >= 0.3 is 0 Å². The first kappa shape index (κ1) is 11.1. The monoisotopic (exact) mass is 192 g/mol. The minimum absolute atomic E-state index is 0.500. The lowest BCUT2D eigenvalue weighted by Crippen LogP contribution is -2.35. The summed E-state index contributed by atoms with van der Waals surface area (Å²) in [7, 11) is 0. The lowest BCUT2D eigenvalue weighted by atomic mass is 10.2. The second-order valence-corrected chi connectivity index (χ2v) is 3.91. The van der Waals surface area contributed by atoms with E-state index in [9.17, 15) is 0 Å². The second-order valence-electron chi connectivity index (χ2n) is 3.91. The molecule has 0 atom stereocenters. The first-order chi connectivity index (χ1) is 6.65. The van der Waals surface area contributed by atoms with Crippen LogP contribution in [0.25, 0.3) is 0 Å². The third-order valence-corrected chi connectivity index (χ3v) is 2.33. The molecule has 0 saturated carbocycles. The molecule has 0 spiro atoms. The van der Waals surface area contributed by atoms with E-state index in [2.05, 4.69) is 49.9 Å². The minimum atomic E-state index is 0.500. The molecule has 0 saturated heterocycles. The molecule has 14 heavy (non-hydrogen) atoms. The van der Waals surface area contributed by atoms with Gasteiger partial charge in [-0.15, -0.1) is 0 Å². The van der Waals surface area contributed by atoms with Crippen molar-refractivity contribution < 1.29 is 0 Å². The molecule has 0 bridgehead atoms. The van der Waals surface area contributed by atoms with Crippen LogP contribution in [-0.4, -0.2) is 19.1 Å². The number of rotatable bonds is 4. The molecule has 0 heterocycles. The largest absolute Gasteiger partial charge is 0.368 e. The van der Waals surface area contributed by atoms with Crippen molar-refractivity contribution in [3.8, 4) is 0 Å². The third kappa shape index (κ3) is 2.74. The number of benzene rings is 1. The highest BCUT2D eigenvalue weighted by molar-refractivity contribution is 5.49. The lowest BCUT2D eigenvalue weighted by molar-refractivity contribution is 0.684. The van der Waals surface area contributed by atoms with Gasteiger partial charge in [-0.25, -0.2) is 0 Å². The van der Waals surface area contributed by atoms with Crippen molar-refractivity contribution >= 4 is 5.69 Å². The van der Waals surface area contributed by atoms with E-state index in [1.807, 2.05) is 0 Å². The van der Waals surface area contributed by atoms with E-state index in [0.717, 1.165) is 6.54 Å². The van der Waals surface area contributed by atoms with Crippen LogP contribution in [0.4, 0.5) is 5.69 Å². The van der Waals surface area contributed by atoms with E-state index in [1.54, 1.807) is 0 Å². The molecule has 0 amide bonds. The first-order valence-electron chi connectivity index (χ1n) is 5.18. The summed E-state index contributed by atoms with van der Waals surface area (Å²) in [5, 5.41) is 0. The Morgan fingerprint density at radius 1 is 1.36 bits per heavy atom. The summed E-state index contributed by atoms with van der Waals surface area (Å²) in [6.07, 6.45) is 0. The quantitative estimate of drug-likeness (QED) is 0.792. The van der Waals surface area contributed by atoms with Gasteiger partial charge in [0.15, 0.2) is 0 Å². The molecule has 0 aliphatic heterocycles. The Kier molecular flexibility index (Phi) is 3.96. The molecular formula is C12H20N2. The van der Waals surface area contributed by atoms with Gasteiger partial charge in [-0.2, -0.15) is 0 Å². The first-order valence-corrected chi connectivity index (χ1v) is 5.18. The normalized spacial score (nSPS) is 10.6. The van der Waals surface area contributed by atoms with Gasteiger partial charge in [0.05, 0.1) is 0 Å². The molecule has 1 aromatic carbocycles. The van der Waals surface area contributed by atoms with Crippen molar-refractivity contribution in [2.24, 2.45) is 5.73 Å². The fourth-order valence-corrected chi connectivity index (χ4v) is 1.63. The van der Waals surface area contributed by atoms with Crippen LogP contribution >= 0.6 is 0 Å². The van der Waals surface area contributed by atoms with Crippen molar-refractivity contribution in [1.29, 1.82) is 0 Å². The zero-order chi connectivity index (χ0) is 10.6. The molecule has 0 fully saturated rings. The maximum absolute atomic E-state index is 5.60. The molecule has 2 nitrogen and oxygen atoms in total. The van der Waals surface area contributed by atoms with Crippen LogP contribution in [0.15, 0.2) is 24.3 Å². The average Bonchev–Trinajstić information content (AvgIpc) is 2.13. The van der Waals surface area contributed by atoms with Crippen LogP contribution in [0.3, 0.4) is 0 Å². The van der Waals surface area contributed by atoms with Crippen LogP contribution < -0.4 is 10.6 Å². The second kappa shape index (κ2) is 5.01. The molecular weight excluding hydrogens is 172 g/mol. The Balaban J connectivity index is 2.87. The van der Waals surface area contributed by atoms with E-state index in [4.69, 9.17) is 5.73 Å². The van der Waals surface area contributed by atoms with Gasteiger partial charge in [0.2, 0.25) is 0 Å². The molecule has 1 aromatic rings. The lowest BCUT2D eigenvalue weighted by Gasteiger charge is -2.28. The Morgan fingerprint density at radius 3 is 2.57 bits per heavy atom. The summed E-state index contributed by atoms with van der Waals surface area (Å²) in [4.78, 5) is 2.33. The topological polar surface area (TPSA) is 29.3 Å². The number of aryl methyl sites for hydroxylation is 1. The highest BCUT2D eigenvalue weighted by Crippen LogP contribution is 2.17. The van der Waals surface area contributed by atoms with Gasteiger partial charge in [-0.1, -0.05) is 12.1 Å². The van der Waals surface area contributed by atoms with E-state index in [-0.39, 0.29) is 0 Å². The third-order valence-electron chi connectivity index (χ3n) is 2.33. The van der Waals surface area contributed by atoms with Crippen LogP contribution in [0.5, 0.6) is 0 Å². The van der Waals surface area contributed by atoms with Crippen LogP contribution in [0.1, 0.15) is 19.4 Å². The molecule has 1 rings (SSSR count). The van der Waals surface area contributed by atoms with Gasteiger partial charge in [-0.3, -0.25) is 0 Å². The van der Waals surface area contributed by atoms with Crippen molar-refractivity contribution in [1.82, 2.24) is 0 Å². The zero-order valence-electron chi connectivity index (χ0n) is 9.33. The predicted molar refractivity (Wildman–Crippen MR) is 62.7 cm³/mol.